The fourth-order valence-corrected chi connectivity index (χ4v) is 3.54. The van der Waals surface area contributed by atoms with Crippen molar-refractivity contribution in [1.29, 1.82) is 0 Å². The van der Waals surface area contributed by atoms with Gasteiger partial charge < -0.3 is 20.5 Å². The Morgan fingerprint density at radius 1 is 1.32 bits per heavy atom. The molecule has 1 fully saturated rings. The van der Waals surface area contributed by atoms with Gasteiger partial charge in [-0.25, -0.2) is 4.79 Å². The first-order valence-electron chi connectivity index (χ1n) is 8.21. The highest BCUT2D eigenvalue weighted by Gasteiger charge is 2.29. The van der Waals surface area contributed by atoms with Crippen molar-refractivity contribution in [2.75, 3.05) is 5.32 Å². The molecule has 0 radical (unpaired) electrons. The minimum absolute atomic E-state index is 0.0389. The quantitative estimate of drug-likeness (QED) is 0.635. The molecule has 0 spiro atoms. The van der Waals surface area contributed by atoms with Gasteiger partial charge in [0, 0.05) is 35.5 Å². The molecule has 0 saturated heterocycles. The zero-order valence-corrected chi connectivity index (χ0v) is 13.4. The van der Waals surface area contributed by atoms with Gasteiger partial charge in [-0.3, -0.25) is 9.89 Å². The first-order valence-corrected chi connectivity index (χ1v) is 8.21. The molecule has 25 heavy (non-hydrogen) atoms. The van der Waals surface area contributed by atoms with E-state index in [4.69, 9.17) is 9.84 Å². The molecular formula is C17H18N4O4. The van der Waals surface area contributed by atoms with Gasteiger partial charge in [0.15, 0.2) is 5.82 Å². The van der Waals surface area contributed by atoms with Crippen LogP contribution in [0.15, 0.2) is 24.3 Å². The van der Waals surface area contributed by atoms with Crippen LogP contribution in [-0.2, 0) is 11.3 Å². The Bertz CT molecular complexity index is 832. The van der Waals surface area contributed by atoms with Crippen LogP contribution in [0.3, 0.4) is 0 Å². The van der Waals surface area contributed by atoms with E-state index in [0.717, 1.165) is 29.8 Å². The smallest absolute Gasteiger partial charge is 0.450 e. The number of rotatable bonds is 4. The molecular weight excluding hydrogens is 324 g/mol. The van der Waals surface area contributed by atoms with Crippen LogP contribution in [0.2, 0.25) is 0 Å². The molecule has 1 aliphatic carbocycles. The maximum Gasteiger partial charge on any atom is 0.506 e. The van der Waals surface area contributed by atoms with Crippen molar-refractivity contribution >= 4 is 23.6 Å². The first kappa shape index (κ1) is 15.5. The largest absolute Gasteiger partial charge is 0.506 e. The van der Waals surface area contributed by atoms with E-state index in [9.17, 15) is 9.59 Å². The van der Waals surface area contributed by atoms with Crippen LogP contribution in [0.1, 0.15) is 46.8 Å². The molecule has 2 aromatic rings. The lowest BCUT2D eigenvalue weighted by atomic mass is 10.0. The van der Waals surface area contributed by atoms with E-state index in [2.05, 4.69) is 20.8 Å². The second-order valence-corrected chi connectivity index (χ2v) is 6.40. The van der Waals surface area contributed by atoms with Gasteiger partial charge in [0.2, 0.25) is 0 Å². The predicted molar refractivity (Wildman–Crippen MR) is 89.0 cm³/mol. The number of aromatic amines is 1. The molecule has 2 aliphatic rings. The molecule has 1 saturated carbocycles. The summed E-state index contributed by atoms with van der Waals surface area (Å²) in [4.78, 5) is 22.2. The molecule has 1 amide bonds. The number of fused-ring (bicyclic) bond motifs is 1. The second kappa shape index (κ2) is 6.12. The maximum absolute atomic E-state index is 11.6. The average Bonchev–Trinajstić information content (AvgIpc) is 3.28. The normalized spacial score (nSPS) is 21.7. The molecule has 1 aliphatic heterocycles. The van der Waals surface area contributed by atoms with E-state index in [1.54, 1.807) is 6.07 Å². The topological polar surface area (TPSA) is 116 Å². The van der Waals surface area contributed by atoms with Crippen LogP contribution in [0, 0.1) is 0 Å². The Kier molecular flexibility index (Phi) is 3.79. The summed E-state index contributed by atoms with van der Waals surface area (Å²) in [5.74, 6) is 0.868. The number of benzene rings is 1. The monoisotopic (exact) mass is 342 g/mol. The van der Waals surface area contributed by atoms with Gasteiger partial charge in [0.05, 0.1) is 0 Å². The number of nitrogens with one attached hydrogen (secondary N) is 3. The van der Waals surface area contributed by atoms with Crippen molar-refractivity contribution in [2.45, 2.75) is 37.8 Å². The lowest BCUT2D eigenvalue weighted by molar-refractivity contribution is 0.0540. The third-order valence-corrected chi connectivity index (χ3v) is 4.75. The first-order chi connectivity index (χ1) is 12.1. The number of anilines is 2. The van der Waals surface area contributed by atoms with Gasteiger partial charge in [-0.15, -0.1) is 0 Å². The number of carbonyl (C=O) groups is 2. The molecule has 2 atom stereocenters. The predicted octanol–water partition coefficient (Wildman–Crippen LogP) is 2.73. The third-order valence-electron chi connectivity index (χ3n) is 4.75. The van der Waals surface area contributed by atoms with Crippen LogP contribution in [-0.4, -0.2) is 33.5 Å². The van der Waals surface area contributed by atoms with Gasteiger partial charge >= 0.3 is 6.16 Å². The van der Waals surface area contributed by atoms with Crippen molar-refractivity contribution in [1.82, 2.24) is 15.5 Å². The molecule has 1 aromatic heterocycles. The Labute approximate surface area is 143 Å². The zero-order chi connectivity index (χ0) is 17.4. The molecule has 1 aromatic carbocycles. The fourth-order valence-electron chi connectivity index (χ4n) is 3.54. The van der Waals surface area contributed by atoms with Gasteiger partial charge in [0.25, 0.3) is 5.91 Å². The van der Waals surface area contributed by atoms with Crippen molar-refractivity contribution in [3.8, 4) is 0 Å². The summed E-state index contributed by atoms with van der Waals surface area (Å²) in [6, 6.07) is 7.53. The highest BCUT2D eigenvalue weighted by molar-refractivity contribution is 5.98. The summed E-state index contributed by atoms with van der Waals surface area (Å²) < 4.78 is 4.85. The van der Waals surface area contributed by atoms with Crippen LogP contribution >= 0.6 is 0 Å². The van der Waals surface area contributed by atoms with Crippen molar-refractivity contribution < 1.29 is 19.4 Å². The molecule has 0 unspecified atom stereocenters. The summed E-state index contributed by atoms with van der Waals surface area (Å²) in [7, 11) is 0. The van der Waals surface area contributed by atoms with Crippen molar-refractivity contribution in [3.05, 3.63) is 41.1 Å². The van der Waals surface area contributed by atoms with Gasteiger partial charge in [-0.05, 0) is 43.0 Å². The second-order valence-electron chi connectivity index (χ2n) is 6.40. The third kappa shape index (κ3) is 3.15. The standard InChI is InChI=1S/C17H18N4O4/c22-16-13-4-2-11(5-10(13)8-18-16)19-15-7-14(20-21-15)9-1-3-12(6-9)25-17(23)24/h2,4-5,7,9,12H,1,3,6,8H2,(H,18,22)(H,23,24)(H2,19,20,21)/t9-,12+/m0/s1. The average molecular weight is 342 g/mol. The number of H-pyrrole nitrogens is 1. The molecule has 8 heteroatoms. The van der Waals surface area contributed by atoms with Crippen LogP contribution in [0.25, 0.3) is 0 Å². The Morgan fingerprint density at radius 2 is 2.20 bits per heavy atom. The summed E-state index contributed by atoms with van der Waals surface area (Å²) in [5, 5.41) is 22.0. The summed E-state index contributed by atoms with van der Waals surface area (Å²) in [6.07, 6.45) is 0.795. The van der Waals surface area contributed by atoms with Gasteiger partial charge in [0.1, 0.15) is 6.10 Å². The number of carbonyl (C=O) groups excluding carboxylic acids is 1. The van der Waals surface area contributed by atoms with E-state index in [1.807, 2.05) is 18.2 Å². The van der Waals surface area contributed by atoms with Gasteiger partial charge in [-0.1, -0.05) is 0 Å². The summed E-state index contributed by atoms with van der Waals surface area (Å²) >= 11 is 0. The molecule has 8 nitrogen and oxygen atoms in total. The van der Waals surface area contributed by atoms with E-state index in [0.29, 0.717) is 24.3 Å². The number of hydrogen-bond acceptors (Lipinski definition) is 5. The van der Waals surface area contributed by atoms with E-state index < -0.39 is 6.16 Å². The van der Waals surface area contributed by atoms with E-state index in [1.165, 1.54) is 0 Å². The highest BCUT2D eigenvalue weighted by Crippen LogP contribution is 2.36. The Hall–Kier alpha value is -3.03. The number of nitrogens with zero attached hydrogens (tertiary/aromatic N) is 1. The zero-order valence-electron chi connectivity index (χ0n) is 13.4. The number of carboxylic acid groups (broad SMARTS) is 1. The lowest BCUT2D eigenvalue weighted by Gasteiger charge is -2.08. The fraction of sp³-hybridized carbons (Fsp3) is 0.353. The Balaban J connectivity index is 1.42. The minimum Gasteiger partial charge on any atom is -0.450 e. The van der Waals surface area contributed by atoms with E-state index >= 15 is 0 Å². The highest BCUT2D eigenvalue weighted by atomic mass is 16.7. The summed E-state index contributed by atoms with van der Waals surface area (Å²) in [5.41, 5.74) is 3.52. The summed E-state index contributed by atoms with van der Waals surface area (Å²) in [6.45, 7) is 0.544. The molecule has 2 heterocycles. The van der Waals surface area contributed by atoms with Crippen LogP contribution in [0.5, 0.6) is 0 Å². The lowest BCUT2D eigenvalue weighted by Crippen LogP contribution is -2.12. The number of ether oxygens (including phenoxy) is 1. The van der Waals surface area contributed by atoms with Crippen LogP contribution < -0.4 is 10.6 Å². The van der Waals surface area contributed by atoms with Crippen molar-refractivity contribution in [2.24, 2.45) is 0 Å². The number of amides is 1. The number of hydrogen-bond donors (Lipinski definition) is 4. The Morgan fingerprint density at radius 3 is 3.04 bits per heavy atom. The molecule has 0 bridgehead atoms. The molecule has 130 valence electrons. The molecule has 4 rings (SSSR count). The minimum atomic E-state index is -1.22. The van der Waals surface area contributed by atoms with Crippen LogP contribution in [0.4, 0.5) is 16.3 Å². The van der Waals surface area contributed by atoms with E-state index in [-0.39, 0.29) is 17.9 Å². The molecule has 4 N–H and O–H groups in total. The maximum atomic E-state index is 11.6. The van der Waals surface area contributed by atoms with Crippen molar-refractivity contribution in [3.63, 3.8) is 0 Å². The number of aromatic nitrogens is 2. The SMILES string of the molecule is O=C(O)O[C@@H]1CC[C@H](c2cc(Nc3ccc4c(c3)CNC4=O)n[nH]2)C1. The van der Waals surface area contributed by atoms with Gasteiger partial charge in [-0.2, -0.15) is 5.10 Å².